The highest BCUT2D eigenvalue weighted by Gasteiger charge is 2.41. The summed E-state index contributed by atoms with van der Waals surface area (Å²) in [6.07, 6.45) is 0. The first-order valence-corrected chi connectivity index (χ1v) is 16.1. The predicted molar refractivity (Wildman–Crippen MR) is 193 cm³/mol. The largest absolute Gasteiger partial charge is 0.456 e. The molecule has 7 aromatic carbocycles. The summed E-state index contributed by atoms with van der Waals surface area (Å²) in [7, 11) is 0. The van der Waals surface area contributed by atoms with Gasteiger partial charge in [0.25, 0.3) is 0 Å². The first kappa shape index (κ1) is 26.2. The third-order valence-corrected chi connectivity index (χ3v) is 10.1. The molecule has 9 aromatic rings. The van der Waals surface area contributed by atoms with Crippen LogP contribution in [0.2, 0.25) is 0 Å². The Balaban J connectivity index is 1.30. The maximum Gasteiger partial charge on any atom is 0.159 e. The molecule has 2 aromatic heterocycles. The highest BCUT2D eigenvalue weighted by Crippen LogP contribution is 2.54. The number of hydrogen-bond donors (Lipinski definition) is 0. The molecular formula is C44H29NO2. The standard InChI is InChI=1S/C44H29NO2/c1-44(37-19-9-5-15-31(37)32-16-6-10-20-38(32)44)28-25-36-34-18-8-12-22-41(34)47-43(36)39(26-28)45(29-13-3-2-4-14-29)30-23-24-35-33-17-7-11-21-40(33)46-42(35)27-30/h2-27H,1H3. The monoisotopic (exact) mass is 603 g/mol. The number of para-hydroxylation sites is 3. The van der Waals surface area contributed by atoms with Crippen LogP contribution in [0.25, 0.3) is 55.0 Å². The van der Waals surface area contributed by atoms with Crippen LogP contribution in [0.1, 0.15) is 23.6 Å². The molecule has 0 bridgehead atoms. The molecule has 0 saturated heterocycles. The number of fused-ring (bicyclic) bond motifs is 9. The minimum Gasteiger partial charge on any atom is -0.456 e. The maximum absolute atomic E-state index is 6.77. The molecular weight excluding hydrogens is 574 g/mol. The average molecular weight is 604 g/mol. The zero-order chi connectivity index (χ0) is 31.1. The Bertz CT molecular complexity index is 2620. The van der Waals surface area contributed by atoms with Crippen LogP contribution in [0.4, 0.5) is 17.1 Å². The van der Waals surface area contributed by atoms with E-state index in [1.807, 2.05) is 18.2 Å². The molecule has 0 amide bonds. The smallest absolute Gasteiger partial charge is 0.159 e. The highest BCUT2D eigenvalue weighted by atomic mass is 16.3. The van der Waals surface area contributed by atoms with Crippen LogP contribution in [0.3, 0.4) is 0 Å². The molecule has 0 N–H and O–H groups in total. The van der Waals surface area contributed by atoms with Crippen LogP contribution >= 0.6 is 0 Å². The summed E-state index contributed by atoms with van der Waals surface area (Å²) in [5.41, 5.74) is 12.5. The molecule has 0 fully saturated rings. The lowest BCUT2D eigenvalue weighted by molar-refractivity contribution is 0.666. The average Bonchev–Trinajstić information content (AvgIpc) is 3.78. The molecule has 0 atom stereocenters. The van der Waals surface area contributed by atoms with E-state index < -0.39 is 0 Å². The van der Waals surface area contributed by atoms with Gasteiger partial charge in [0.05, 0.1) is 11.4 Å². The van der Waals surface area contributed by atoms with Gasteiger partial charge in [0.2, 0.25) is 0 Å². The van der Waals surface area contributed by atoms with E-state index in [1.54, 1.807) is 0 Å². The van der Waals surface area contributed by atoms with E-state index >= 15 is 0 Å². The van der Waals surface area contributed by atoms with Crippen LogP contribution in [0, 0.1) is 0 Å². The Labute approximate surface area is 271 Å². The Hall–Kier alpha value is -6.06. The van der Waals surface area contributed by atoms with Crippen molar-refractivity contribution < 1.29 is 8.83 Å². The summed E-state index contributed by atoms with van der Waals surface area (Å²) < 4.78 is 13.2. The number of rotatable bonds is 4. The molecule has 1 aliphatic rings. The van der Waals surface area contributed by atoms with Crippen molar-refractivity contribution in [2.75, 3.05) is 4.90 Å². The first-order chi connectivity index (χ1) is 23.2. The zero-order valence-corrected chi connectivity index (χ0v) is 25.8. The van der Waals surface area contributed by atoms with Crippen LogP contribution in [0.15, 0.2) is 167 Å². The van der Waals surface area contributed by atoms with Crippen LogP contribution in [-0.2, 0) is 5.41 Å². The number of furan rings is 2. The summed E-state index contributed by atoms with van der Waals surface area (Å²) in [5.74, 6) is 0. The lowest BCUT2D eigenvalue weighted by Crippen LogP contribution is -2.23. The molecule has 0 radical (unpaired) electrons. The molecule has 222 valence electrons. The molecule has 1 aliphatic carbocycles. The number of anilines is 3. The van der Waals surface area contributed by atoms with E-state index in [0.717, 1.165) is 60.9 Å². The molecule has 0 saturated carbocycles. The van der Waals surface area contributed by atoms with Gasteiger partial charge in [0, 0.05) is 38.7 Å². The molecule has 0 spiro atoms. The van der Waals surface area contributed by atoms with Gasteiger partial charge in [0.1, 0.15) is 16.7 Å². The fourth-order valence-corrected chi connectivity index (χ4v) is 7.89. The highest BCUT2D eigenvalue weighted by molar-refractivity contribution is 6.12. The summed E-state index contributed by atoms with van der Waals surface area (Å²) in [4.78, 5) is 2.32. The number of nitrogens with zero attached hydrogens (tertiary/aromatic N) is 1. The zero-order valence-electron chi connectivity index (χ0n) is 25.8. The predicted octanol–water partition coefficient (Wildman–Crippen LogP) is 12.3. The van der Waals surface area contributed by atoms with Crippen molar-refractivity contribution in [1.82, 2.24) is 0 Å². The third kappa shape index (κ3) is 3.68. The van der Waals surface area contributed by atoms with Gasteiger partial charge in [0.15, 0.2) is 5.58 Å². The maximum atomic E-state index is 6.77. The van der Waals surface area contributed by atoms with Gasteiger partial charge in [-0.1, -0.05) is 103 Å². The second-order valence-corrected chi connectivity index (χ2v) is 12.6. The van der Waals surface area contributed by atoms with Gasteiger partial charge >= 0.3 is 0 Å². The summed E-state index contributed by atoms with van der Waals surface area (Å²) in [6, 6.07) is 56.1. The van der Waals surface area contributed by atoms with Crippen molar-refractivity contribution in [2.24, 2.45) is 0 Å². The Kier molecular flexibility index (Phi) is 5.41. The van der Waals surface area contributed by atoms with Crippen LogP contribution in [-0.4, -0.2) is 0 Å². The molecule has 0 unspecified atom stereocenters. The van der Waals surface area contributed by atoms with Gasteiger partial charge in [-0.15, -0.1) is 0 Å². The fraction of sp³-hybridized carbons (Fsp3) is 0.0455. The van der Waals surface area contributed by atoms with E-state index in [2.05, 4.69) is 151 Å². The quantitative estimate of drug-likeness (QED) is 0.200. The van der Waals surface area contributed by atoms with Crippen molar-refractivity contribution in [3.63, 3.8) is 0 Å². The number of hydrogen-bond acceptors (Lipinski definition) is 3. The van der Waals surface area contributed by atoms with E-state index in [9.17, 15) is 0 Å². The van der Waals surface area contributed by atoms with Crippen molar-refractivity contribution >= 4 is 60.9 Å². The van der Waals surface area contributed by atoms with Crippen LogP contribution in [0.5, 0.6) is 0 Å². The second kappa shape index (κ2) is 9.72. The molecule has 47 heavy (non-hydrogen) atoms. The van der Waals surface area contributed by atoms with Crippen molar-refractivity contribution in [3.8, 4) is 11.1 Å². The van der Waals surface area contributed by atoms with Gasteiger partial charge < -0.3 is 13.7 Å². The second-order valence-electron chi connectivity index (χ2n) is 12.6. The third-order valence-electron chi connectivity index (χ3n) is 10.1. The van der Waals surface area contributed by atoms with Gasteiger partial charge in [-0.05, 0) is 83.3 Å². The SMILES string of the molecule is CC1(c2cc(N(c3ccccc3)c3ccc4c(c3)oc3ccccc34)c3oc4ccccc4c3c2)c2ccccc2-c2ccccc21. The number of benzene rings is 7. The molecule has 0 aliphatic heterocycles. The van der Waals surface area contributed by atoms with Gasteiger partial charge in [-0.3, -0.25) is 0 Å². The topological polar surface area (TPSA) is 29.5 Å². The van der Waals surface area contributed by atoms with Gasteiger partial charge in [-0.25, -0.2) is 0 Å². The van der Waals surface area contributed by atoms with E-state index in [1.165, 1.54) is 27.8 Å². The van der Waals surface area contributed by atoms with E-state index in [4.69, 9.17) is 8.83 Å². The lowest BCUT2D eigenvalue weighted by Gasteiger charge is -2.31. The Morgan fingerprint density at radius 1 is 0.447 bits per heavy atom. The van der Waals surface area contributed by atoms with Crippen molar-refractivity contribution in [1.29, 1.82) is 0 Å². The normalized spacial score (nSPS) is 13.4. The summed E-state index contributed by atoms with van der Waals surface area (Å²) >= 11 is 0. The minimum atomic E-state index is -0.375. The Morgan fingerprint density at radius 2 is 1.02 bits per heavy atom. The Morgan fingerprint density at radius 3 is 1.74 bits per heavy atom. The van der Waals surface area contributed by atoms with Crippen LogP contribution < -0.4 is 4.90 Å². The molecule has 10 rings (SSSR count). The molecule has 3 heteroatoms. The van der Waals surface area contributed by atoms with Crippen molar-refractivity contribution in [3.05, 3.63) is 174 Å². The van der Waals surface area contributed by atoms with E-state index in [0.29, 0.717) is 0 Å². The van der Waals surface area contributed by atoms with Gasteiger partial charge in [-0.2, -0.15) is 0 Å². The summed E-state index contributed by atoms with van der Waals surface area (Å²) in [6.45, 7) is 2.37. The lowest BCUT2D eigenvalue weighted by atomic mass is 9.74. The molecule has 2 heterocycles. The van der Waals surface area contributed by atoms with E-state index in [-0.39, 0.29) is 5.41 Å². The van der Waals surface area contributed by atoms with Crippen molar-refractivity contribution in [2.45, 2.75) is 12.3 Å². The first-order valence-electron chi connectivity index (χ1n) is 16.1. The summed E-state index contributed by atoms with van der Waals surface area (Å²) in [5, 5.41) is 4.43. The molecule has 3 nitrogen and oxygen atoms in total. The fourth-order valence-electron chi connectivity index (χ4n) is 7.89. The minimum absolute atomic E-state index is 0.375.